The molecule has 0 aliphatic heterocycles. The van der Waals surface area contributed by atoms with Gasteiger partial charge >= 0.3 is 0 Å². The number of H-pyrrole nitrogens is 1. The Bertz CT molecular complexity index is 606. The minimum atomic E-state index is 0.622. The van der Waals surface area contributed by atoms with E-state index in [-0.39, 0.29) is 0 Å². The Labute approximate surface area is 246 Å². The van der Waals surface area contributed by atoms with Crippen LogP contribution in [0.2, 0.25) is 0 Å². The van der Waals surface area contributed by atoms with E-state index in [2.05, 4.69) is 49.6 Å². The first kappa shape index (κ1) is 36.2. The number of aromatic nitrogens is 2. The third-order valence-electron chi connectivity index (χ3n) is 9.14. The van der Waals surface area contributed by atoms with Crippen molar-refractivity contribution in [3.8, 4) is 0 Å². The minimum Gasteiger partial charge on any atom is -0.247 e. The van der Waals surface area contributed by atoms with Crippen LogP contribution in [0.25, 0.3) is 0 Å². The number of aromatic amines is 1. The van der Waals surface area contributed by atoms with E-state index in [1.807, 2.05) is 0 Å². The van der Waals surface area contributed by atoms with Gasteiger partial charge in [-0.3, -0.25) is 0 Å². The summed E-state index contributed by atoms with van der Waals surface area (Å²) in [5, 5.41) is 0. The third kappa shape index (κ3) is 19.8. The summed E-state index contributed by atoms with van der Waals surface area (Å²) in [5.74, 6) is 2.24. The van der Waals surface area contributed by atoms with Crippen LogP contribution < -0.4 is 4.57 Å². The van der Waals surface area contributed by atoms with E-state index in [9.17, 15) is 0 Å². The molecule has 0 aliphatic rings. The van der Waals surface area contributed by atoms with Crippen molar-refractivity contribution in [1.29, 1.82) is 0 Å². The number of hydrogen-bond donors (Lipinski definition) is 1. The van der Waals surface area contributed by atoms with E-state index in [4.69, 9.17) is 0 Å². The van der Waals surface area contributed by atoms with Crippen LogP contribution in [0.4, 0.5) is 0 Å². The van der Waals surface area contributed by atoms with Gasteiger partial charge in [-0.15, -0.1) is 0 Å². The zero-order valence-electron chi connectivity index (χ0n) is 27.6. The molecular formula is C37H73N2+. The molecule has 1 rings (SSSR count). The maximum Gasteiger partial charge on any atom is 0.257 e. The lowest BCUT2D eigenvalue weighted by Crippen LogP contribution is -2.41. The molecule has 0 aromatic carbocycles. The van der Waals surface area contributed by atoms with Gasteiger partial charge in [0.15, 0.2) is 0 Å². The van der Waals surface area contributed by atoms with Crippen LogP contribution in [0, 0.1) is 0 Å². The molecule has 2 nitrogen and oxygen atoms in total. The van der Waals surface area contributed by atoms with Gasteiger partial charge in [0.05, 0.1) is 12.0 Å². The zero-order chi connectivity index (χ0) is 28.2. The molecule has 0 saturated carbocycles. The highest BCUT2D eigenvalue weighted by Crippen LogP contribution is 2.27. The van der Waals surface area contributed by atoms with Gasteiger partial charge in [0, 0.05) is 0 Å². The Morgan fingerprint density at radius 2 is 0.821 bits per heavy atom. The molecule has 0 fully saturated rings. The highest BCUT2D eigenvalue weighted by molar-refractivity contribution is 4.90. The zero-order valence-corrected chi connectivity index (χ0v) is 27.6. The number of rotatable bonds is 30. The van der Waals surface area contributed by atoms with E-state index in [1.54, 1.807) is 0 Å². The monoisotopic (exact) mass is 546 g/mol. The molecule has 0 saturated heterocycles. The SMILES string of the molecule is CCCCCCCCCCCCCCCCCC(CCCCCC)c1[nH]cc[n+]1C(C)CCCCCCCC. The predicted octanol–water partition coefficient (Wildman–Crippen LogP) is 12.9. The van der Waals surface area contributed by atoms with Crippen LogP contribution in [0.15, 0.2) is 12.4 Å². The normalized spacial score (nSPS) is 13.2. The highest BCUT2D eigenvalue weighted by atomic mass is 15.1. The maximum atomic E-state index is 3.71. The number of imidazole rings is 1. The second-order valence-electron chi connectivity index (χ2n) is 12.9. The van der Waals surface area contributed by atoms with Crippen molar-refractivity contribution >= 4 is 0 Å². The van der Waals surface area contributed by atoms with E-state index in [1.165, 1.54) is 186 Å². The smallest absolute Gasteiger partial charge is 0.247 e. The van der Waals surface area contributed by atoms with Crippen molar-refractivity contribution in [1.82, 2.24) is 4.98 Å². The lowest BCUT2D eigenvalue weighted by atomic mass is 9.93. The molecule has 1 N–H and O–H groups in total. The summed E-state index contributed by atoms with van der Waals surface area (Å²) in [5.41, 5.74) is 0. The van der Waals surface area contributed by atoms with Crippen LogP contribution in [0.1, 0.15) is 225 Å². The fraction of sp³-hybridized carbons (Fsp3) is 0.919. The van der Waals surface area contributed by atoms with Gasteiger partial charge in [0.2, 0.25) is 0 Å². The van der Waals surface area contributed by atoms with Crippen molar-refractivity contribution < 1.29 is 4.57 Å². The minimum absolute atomic E-state index is 0.622. The topological polar surface area (TPSA) is 19.7 Å². The number of unbranched alkanes of at least 4 members (excludes halogenated alkanes) is 22. The van der Waals surface area contributed by atoms with Crippen molar-refractivity contribution in [3.05, 3.63) is 18.2 Å². The number of nitrogens with one attached hydrogen (secondary N) is 1. The summed E-state index contributed by atoms with van der Waals surface area (Å²) in [6, 6.07) is 0.622. The Hall–Kier alpha value is -0.790. The van der Waals surface area contributed by atoms with Gasteiger partial charge in [-0.2, -0.15) is 0 Å². The van der Waals surface area contributed by atoms with E-state index < -0.39 is 0 Å². The predicted molar refractivity (Wildman–Crippen MR) is 175 cm³/mol. The molecule has 0 spiro atoms. The molecular weight excluding hydrogens is 472 g/mol. The Morgan fingerprint density at radius 1 is 0.487 bits per heavy atom. The van der Waals surface area contributed by atoms with Crippen molar-refractivity contribution in [2.24, 2.45) is 0 Å². The molecule has 2 unspecified atom stereocenters. The van der Waals surface area contributed by atoms with Crippen molar-refractivity contribution in [2.75, 3.05) is 0 Å². The molecule has 1 aromatic heterocycles. The second kappa shape index (κ2) is 27.4. The molecule has 0 amide bonds. The standard InChI is InChI=1S/C37H72N2/c1-5-8-11-14-16-17-18-19-20-21-22-23-24-26-29-32-36(31-28-13-10-7-3)37-38-33-34-39(37)35(4)30-27-25-15-12-9-6-2/h33-36H,5-32H2,1-4H3/p+1. The van der Waals surface area contributed by atoms with Gasteiger partial charge in [-0.25, -0.2) is 9.55 Å². The van der Waals surface area contributed by atoms with Gasteiger partial charge in [-0.05, 0) is 32.6 Å². The Kier molecular flexibility index (Phi) is 25.4. The van der Waals surface area contributed by atoms with Crippen LogP contribution in [-0.4, -0.2) is 4.98 Å². The summed E-state index contributed by atoms with van der Waals surface area (Å²) in [6.45, 7) is 9.40. The van der Waals surface area contributed by atoms with Crippen LogP contribution in [-0.2, 0) is 0 Å². The average Bonchev–Trinajstić information content (AvgIpc) is 3.44. The molecule has 0 radical (unpaired) electrons. The van der Waals surface area contributed by atoms with Gasteiger partial charge < -0.3 is 0 Å². The number of hydrogen-bond acceptors (Lipinski definition) is 0. The number of nitrogens with zero attached hydrogens (tertiary/aromatic N) is 1. The van der Waals surface area contributed by atoms with E-state index in [0.717, 1.165) is 0 Å². The maximum absolute atomic E-state index is 3.71. The molecule has 0 aliphatic carbocycles. The summed E-state index contributed by atoms with van der Waals surface area (Å²) < 4.78 is 2.61. The first-order valence-electron chi connectivity index (χ1n) is 18.3. The molecule has 2 heteroatoms. The van der Waals surface area contributed by atoms with Gasteiger partial charge in [-0.1, -0.05) is 175 Å². The Morgan fingerprint density at radius 3 is 1.23 bits per heavy atom. The summed E-state index contributed by atoms with van der Waals surface area (Å²) in [4.78, 5) is 3.71. The average molecular weight is 546 g/mol. The third-order valence-corrected chi connectivity index (χ3v) is 9.14. The molecule has 1 aromatic rings. The van der Waals surface area contributed by atoms with Crippen molar-refractivity contribution in [2.45, 2.75) is 219 Å². The summed E-state index contributed by atoms with van der Waals surface area (Å²) in [7, 11) is 0. The van der Waals surface area contributed by atoms with Crippen molar-refractivity contribution in [3.63, 3.8) is 0 Å². The van der Waals surface area contributed by atoms with E-state index in [0.29, 0.717) is 12.0 Å². The largest absolute Gasteiger partial charge is 0.257 e. The molecule has 230 valence electrons. The van der Waals surface area contributed by atoms with Crippen LogP contribution in [0.5, 0.6) is 0 Å². The molecule has 1 heterocycles. The lowest BCUT2D eigenvalue weighted by Gasteiger charge is -2.17. The fourth-order valence-corrected chi connectivity index (χ4v) is 6.43. The summed E-state index contributed by atoms with van der Waals surface area (Å²) in [6.07, 6.45) is 44.3. The lowest BCUT2D eigenvalue weighted by molar-refractivity contribution is -0.727. The first-order chi connectivity index (χ1) is 19.2. The molecule has 0 bridgehead atoms. The van der Waals surface area contributed by atoms with Crippen LogP contribution in [0.3, 0.4) is 0 Å². The highest BCUT2D eigenvalue weighted by Gasteiger charge is 2.25. The van der Waals surface area contributed by atoms with Gasteiger partial charge in [0.1, 0.15) is 12.4 Å². The quantitative estimate of drug-likeness (QED) is 0.0732. The molecule has 2 atom stereocenters. The first-order valence-corrected chi connectivity index (χ1v) is 18.3. The second-order valence-corrected chi connectivity index (χ2v) is 12.9. The van der Waals surface area contributed by atoms with Crippen LogP contribution >= 0.6 is 0 Å². The van der Waals surface area contributed by atoms with Gasteiger partial charge in [0.25, 0.3) is 5.82 Å². The Balaban J connectivity index is 2.28. The fourth-order valence-electron chi connectivity index (χ4n) is 6.43. The van der Waals surface area contributed by atoms with E-state index >= 15 is 0 Å². The molecule has 39 heavy (non-hydrogen) atoms. The summed E-state index contributed by atoms with van der Waals surface area (Å²) >= 11 is 0.